The third kappa shape index (κ3) is 3.81. The fraction of sp³-hybridized carbons (Fsp3) is 0.462. The van der Waals surface area contributed by atoms with Gasteiger partial charge in [-0.05, 0) is 43.9 Å². The molecule has 0 aliphatic heterocycles. The first-order valence-corrected chi connectivity index (χ1v) is 9.04. The van der Waals surface area contributed by atoms with E-state index in [1.165, 1.54) is 0 Å². The van der Waals surface area contributed by atoms with Gasteiger partial charge < -0.3 is 4.43 Å². The van der Waals surface area contributed by atoms with E-state index in [0.29, 0.717) is 0 Å². The van der Waals surface area contributed by atoms with Crippen LogP contribution in [-0.4, -0.2) is 14.1 Å². The molecule has 0 fully saturated rings. The van der Waals surface area contributed by atoms with Gasteiger partial charge in [-0.15, -0.1) is 0 Å². The maximum atomic E-state index is 11.7. The number of hydrogen-bond donors (Lipinski definition) is 0. The Morgan fingerprint density at radius 2 is 1.62 bits per heavy atom. The molecule has 0 aromatic heterocycles. The molecule has 0 spiro atoms. The molecule has 0 aliphatic rings. The summed E-state index contributed by atoms with van der Waals surface area (Å²) in [4.78, 5) is 11.7. The predicted molar refractivity (Wildman–Crippen MR) is 69.6 cm³/mol. The van der Waals surface area contributed by atoms with Gasteiger partial charge in [0.25, 0.3) is 0 Å². The zero-order chi connectivity index (χ0) is 12.3. The fourth-order valence-corrected chi connectivity index (χ4v) is 2.22. The number of ketones is 1. The monoisotopic (exact) mass is 236 g/mol. The molecule has 0 saturated carbocycles. The van der Waals surface area contributed by atoms with E-state index in [0.717, 1.165) is 11.3 Å². The van der Waals surface area contributed by atoms with Crippen molar-refractivity contribution in [1.82, 2.24) is 0 Å². The Morgan fingerprint density at radius 1 is 1.12 bits per heavy atom. The molecule has 0 N–H and O–H groups in total. The van der Waals surface area contributed by atoms with Crippen LogP contribution in [0.15, 0.2) is 24.3 Å². The number of Topliss-reactive ketones (excluding diaryl/α,β-unsaturated/α-hetero) is 1. The highest BCUT2D eigenvalue weighted by Gasteiger charge is 2.16. The van der Waals surface area contributed by atoms with Crippen LogP contribution in [-0.2, 0) is 0 Å². The van der Waals surface area contributed by atoms with Crippen molar-refractivity contribution in [2.75, 3.05) is 0 Å². The minimum absolute atomic E-state index is 0.0451. The maximum Gasteiger partial charge on any atom is 0.242 e. The number of benzene rings is 1. The molecule has 1 rings (SSSR count). The van der Waals surface area contributed by atoms with Gasteiger partial charge in [0.15, 0.2) is 5.78 Å². The van der Waals surface area contributed by atoms with Crippen molar-refractivity contribution in [3.05, 3.63) is 29.8 Å². The van der Waals surface area contributed by atoms with E-state index in [2.05, 4.69) is 19.6 Å². The van der Waals surface area contributed by atoms with Crippen LogP contribution in [0.1, 0.15) is 24.2 Å². The quantitative estimate of drug-likeness (QED) is 0.588. The molecule has 1 aromatic carbocycles. The minimum atomic E-state index is -1.55. The average molecular weight is 236 g/mol. The van der Waals surface area contributed by atoms with Gasteiger partial charge in [0.1, 0.15) is 5.75 Å². The van der Waals surface area contributed by atoms with Crippen LogP contribution in [0.3, 0.4) is 0 Å². The first-order valence-electron chi connectivity index (χ1n) is 5.63. The Bertz CT molecular complexity index is 361. The Kier molecular flexibility index (Phi) is 3.91. The van der Waals surface area contributed by atoms with Crippen molar-refractivity contribution in [3.8, 4) is 5.75 Å². The molecular weight excluding hydrogens is 216 g/mol. The zero-order valence-electron chi connectivity index (χ0n) is 10.7. The molecule has 88 valence electrons. The number of hydrogen-bond acceptors (Lipinski definition) is 2. The van der Waals surface area contributed by atoms with Crippen LogP contribution in [0, 0.1) is 5.92 Å². The van der Waals surface area contributed by atoms with Crippen LogP contribution in [0.4, 0.5) is 0 Å². The Labute approximate surface area is 98.8 Å². The summed E-state index contributed by atoms with van der Waals surface area (Å²) >= 11 is 0. The summed E-state index contributed by atoms with van der Waals surface area (Å²) in [5.41, 5.74) is 0.762. The average Bonchev–Trinajstić information content (AvgIpc) is 2.15. The highest BCUT2D eigenvalue weighted by molar-refractivity contribution is 6.70. The topological polar surface area (TPSA) is 26.3 Å². The second-order valence-electron chi connectivity index (χ2n) is 5.26. The van der Waals surface area contributed by atoms with Crippen LogP contribution in [0.2, 0.25) is 19.6 Å². The minimum Gasteiger partial charge on any atom is -0.544 e. The molecule has 0 amide bonds. The van der Waals surface area contributed by atoms with Gasteiger partial charge in [0, 0.05) is 11.5 Å². The lowest BCUT2D eigenvalue weighted by Gasteiger charge is -2.19. The fourth-order valence-electron chi connectivity index (χ4n) is 1.37. The maximum absolute atomic E-state index is 11.7. The van der Waals surface area contributed by atoms with Gasteiger partial charge in [0.2, 0.25) is 8.32 Å². The molecule has 0 heterocycles. The normalized spacial score (nSPS) is 11.6. The Morgan fingerprint density at radius 3 is 2.00 bits per heavy atom. The number of rotatable bonds is 4. The van der Waals surface area contributed by atoms with E-state index in [4.69, 9.17) is 4.43 Å². The molecule has 2 nitrogen and oxygen atoms in total. The molecule has 0 atom stereocenters. The lowest BCUT2D eigenvalue weighted by molar-refractivity contribution is 0.0939. The summed E-state index contributed by atoms with van der Waals surface area (Å²) in [7, 11) is -1.55. The van der Waals surface area contributed by atoms with Crippen LogP contribution in [0.25, 0.3) is 0 Å². The molecule has 0 aliphatic carbocycles. The molecular formula is C13H20O2Si. The van der Waals surface area contributed by atoms with E-state index in [-0.39, 0.29) is 11.7 Å². The molecule has 0 unspecified atom stereocenters. The van der Waals surface area contributed by atoms with E-state index < -0.39 is 8.32 Å². The number of carbonyl (C=O) groups is 1. The zero-order valence-corrected chi connectivity index (χ0v) is 11.7. The van der Waals surface area contributed by atoms with E-state index in [1.807, 2.05) is 38.1 Å². The second kappa shape index (κ2) is 4.83. The number of carbonyl (C=O) groups excluding carboxylic acids is 1. The summed E-state index contributed by atoms with van der Waals surface area (Å²) in [6.07, 6.45) is 0. The summed E-state index contributed by atoms with van der Waals surface area (Å²) in [5, 5.41) is 0. The lowest BCUT2D eigenvalue weighted by Crippen LogP contribution is -2.29. The van der Waals surface area contributed by atoms with Gasteiger partial charge in [-0.1, -0.05) is 13.8 Å². The van der Waals surface area contributed by atoms with E-state index in [1.54, 1.807) is 0 Å². The van der Waals surface area contributed by atoms with Crippen molar-refractivity contribution in [3.63, 3.8) is 0 Å². The SMILES string of the molecule is CC(C)C(=O)c1ccc(O[Si](C)(C)C)cc1. The first-order chi connectivity index (χ1) is 7.29. The van der Waals surface area contributed by atoms with Crippen molar-refractivity contribution in [2.45, 2.75) is 33.5 Å². The molecule has 0 radical (unpaired) electrons. The second-order valence-corrected chi connectivity index (χ2v) is 9.69. The third-order valence-corrected chi connectivity index (χ3v) is 2.94. The molecule has 1 aromatic rings. The van der Waals surface area contributed by atoms with Crippen molar-refractivity contribution in [2.24, 2.45) is 5.92 Å². The Hall–Kier alpha value is -1.09. The first kappa shape index (κ1) is 13.0. The summed E-state index contributed by atoms with van der Waals surface area (Å²) in [6, 6.07) is 7.46. The van der Waals surface area contributed by atoms with E-state index >= 15 is 0 Å². The van der Waals surface area contributed by atoms with Crippen LogP contribution in [0.5, 0.6) is 5.75 Å². The largest absolute Gasteiger partial charge is 0.544 e. The predicted octanol–water partition coefficient (Wildman–Crippen LogP) is 3.74. The third-order valence-electron chi connectivity index (χ3n) is 2.09. The van der Waals surface area contributed by atoms with Crippen LogP contribution < -0.4 is 4.43 Å². The Balaban J connectivity index is 2.80. The summed E-state index contributed by atoms with van der Waals surface area (Å²) in [5.74, 6) is 1.09. The molecule has 16 heavy (non-hydrogen) atoms. The van der Waals surface area contributed by atoms with Crippen molar-refractivity contribution < 1.29 is 9.22 Å². The summed E-state index contributed by atoms with van der Waals surface area (Å²) < 4.78 is 5.82. The molecule has 3 heteroatoms. The lowest BCUT2D eigenvalue weighted by atomic mass is 10.0. The van der Waals surface area contributed by atoms with Crippen LogP contribution >= 0.6 is 0 Å². The molecule has 0 saturated heterocycles. The standard InChI is InChI=1S/C13H20O2Si/c1-10(2)13(14)11-6-8-12(9-7-11)15-16(3,4)5/h6-10H,1-5H3. The van der Waals surface area contributed by atoms with Crippen molar-refractivity contribution in [1.29, 1.82) is 0 Å². The van der Waals surface area contributed by atoms with Gasteiger partial charge >= 0.3 is 0 Å². The van der Waals surface area contributed by atoms with Gasteiger partial charge in [-0.2, -0.15) is 0 Å². The summed E-state index contributed by atoms with van der Waals surface area (Å²) in [6.45, 7) is 10.2. The van der Waals surface area contributed by atoms with Crippen molar-refractivity contribution >= 4 is 14.1 Å². The highest BCUT2D eigenvalue weighted by Crippen LogP contribution is 2.18. The van der Waals surface area contributed by atoms with Gasteiger partial charge in [-0.25, -0.2) is 0 Å². The van der Waals surface area contributed by atoms with Gasteiger partial charge in [0.05, 0.1) is 0 Å². The molecule has 0 bridgehead atoms. The van der Waals surface area contributed by atoms with Gasteiger partial charge in [-0.3, -0.25) is 4.79 Å². The van der Waals surface area contributed by atoms with E-state index in [9.17, 15) is 4.79 Å². The highest BCUT2D eigenvalue weighted by atomic mass is 28.4. The smallest absolute Gasteiger partial charge is 0.242 e.